The number of nitrogens with one attached hydrogen (secondary N) is 1. The lowest BCUT2D eigenvalue weighted by molar-refractivity contribution is -0.138. The number of benzene rings is 1. The van der Waals surface area contributed by atoms with Gasteiger partial charge in [0.15, 0.2) is 0 Å². The summed E-state index contributed by atoms with van der Waals surface area (Å²) in [6.45, 7) is 5.23. The van der Waals surface area contributed by atoms with Crippen LogP contribution in [0.4, 0.5) is 13.2 Å². The average molecular weight is 327 g/mol. The molecule has 1 aromatic heterocycles. The van der Waals surface area contributed by atoms with E-state index in [4.69, 9.17) is 4.74 Å². The Morgan fingerprint density at radius 2 is 2.09 bits per heavy atom. The van der Waals surface area contributed by atoms with E-state index in [0.717, 1.165) is 13.0 Å². The van der Waals surface area contributed by atoms with E-state index in [1.165, 1.54) is 6.07 Å². The van der Waals surface area contributed by atoms with Crippen molar-refractivity contribution in [3.05, 3.63) is 23.5 Å². The predicted octanol–water partition coefficient (Wildman–Crippen LogP) is 3.79. The zero-order valence-corrected chi connectivity index (χ0v) is 13.4. The van der Waals surface area contributed by atoms with Crippen molar-refractivity contribution < 1.29 is 17.9 Å². The minimum atomic E-state index is -4.51. The Morgan fingerprint density at radius 3 is 2.65 bits per heavy atom. The molecule has 126 valence electrons. The Balaban J connectivity index is 2.06. The van der Waals surface area contributed by atoms with E-state index in [1.807, 2.05) is 25.8 Å². The van der Waals surface area contributed by atoms with E-state index in [2.05, 4.69) is 9.97 Å². The normalized spacial score (nSPS) is 19.9. The Bertz CT molecular complexity index is 708. The number of hydrogen-bond donors (Lipinski definition) is 1. The first-order valence-corrected chi connectivity index (χ1v) is 7.70. The number of rotatable bonds is 3. The van der Waals surface area contributed by atoms with Crippen molar-refractivity contribution in [2.24, 2.45) is 0 Å². The van der Waals surface area contributed by atoms with Crippen LogP contribution in [0, 0.1) is 0 Å². The third-order valence-corrected chi connectivity index (χ3v) is 4.11. The van der Waals surface area contributed by atoms with Crippen LogP contribution >= 0.6 is 0 Å². The molecule has 0 amide bonds. The molecule has 3 rings (SSSR count). The molecule has 2 heterocycles. The van der Waals surface area contributed by atoms with Crippen molar-refractivity contribution in [1.29, 1.82) is 0 Å². The number of halogens is 3. The molecule has 0 unspecified atom stereocenters. The van der Waals surface area contributed by atoms with Gasteiger partial charge in [-0.1, -0.05) is 13.8 Å². The smallest absolute Gasteiger partial charge is 0.422 e. The third-order valence-electron chi connectivity index (χ3n) is 4.11. The molecular weight excluding hydrogens is 307 g/mol. The van der Waals surface area contributed by atoms with Gasteiger partial charge in [-0.2, -0.15) is 13.2 Å². The Morgan fingerprint density at radius 1 is 1.35 bits per heavy atom. The van der Waals surface area contributed by atoms with Crippen LogP contribution in [0.25, 0.3) is 11.0 Å². The van der Waals surface area contributed by atoms with Crippen molar-refractivity contribution in [3.63, 3.8) is 0 Å². The standard InChI is InChI=1S/C16H20F3N3O/c1-9(2)15-20-11-4-5-12(23-10-6-7-22(3)8-10)13(14(11)21-15)16(17,18)19/h4-5,9-10H,6-8H2,1-3H3,(H,20,21)/t10-/m0/s1. The number of nitrogens with zero attached hydrogens (tertiary/aromatic N) is 2. The second-order valence-electron chi connectivity index (χ2n) is 6.40. The van der Waals surface area contributed by atoms with E-state index >= 15 is 0 Å². The van der Waals surface area contributed by atoms with Gasteiger partial charge in [0.2, 0.25) is 0 Å². The van der Waals surface area contributed by atoms with Crippen molar-refractivity contribution in [2.45, 2.75) is 38.5 Å². The van der Waals surface area contributed by atoms with Crippen LogP contribution in [0.3, 0.4) is 0 Å². The molecule has 0 aliphatic carbocycles. The van der Waals surface area contributed by atoms with Crippen LogP contribution in [0.15, 0.2) is 12.1 Å². The lowest BCUT2D eigenvalue weighted by Crippen LogP contribution is -2.23. The summed E-state index contributed by atoms with van der Waals surface area (Å²) in [4.78, 5) is 9.17. The SMILES string of the molecule is CC(C)c1nc2c(C(F)(F)F)c(O[C@H]3CCN(C)C3)ccc2[nH]1. The number of imidazole rings is 1. The van der Waals surface area contributed by atoms with Gasteiger partial charge >= 0.3 is 6.18 Å². The minimum Gasteiger partial charge on any atom is -0.488 e. The van der Waals surface area contributed by atoms with E-state index in [9.17, 15) is 13.2 Å². The lowest BCUT2D eigenvalue weighted by Gasteiger charge is -2.18. The molecule has 1 N–H and O–H groups in total. The van der Waals surface area contributed by atoms with Gasteiger partial charge in [0, 0.05) is 19.0 Å². The minimum absolute atomic E-state index is 0.0244. The van der Waals surface area contributed by atoms with E-state index in [0.29, 0.717) is 17.9 Å². The summed E-state index contributed by atoms with van der Waals surface area (Å²) >= 11 is 0. The molecule has 23 heavy (non-hydrogen) atoms. The highest BCUT2D eigenvalue weighted by Gasteiger charge is 2.39. The number of aromatic amines is 1. The van der Waals surface area contributed by atoms with Gasteiger partial charge < -0.3 is 14.6 Å². The van der Waals surface area contributed by atoms with E-state index in [-0.39, 0.29) is 23.3 Å². The summed E-state index contributed by atoms with van der Waals surface area (Å²) in [7, 11) is 1.93. The molecule has 7 heteroatoms. The fourth-order valence-electron chi connectivity index (χ4n) is 2.89. The number of likely N-dealkylation sites (N-methyl/N-ethyl adjacent to an activating group) is 1. The summed E-state index contributed by atoms with van der Waals surface area (Å²) in [5.41, 5.74) is -0.463. The van der Waals surface area contributed by atoms with Crippen LogP contribution in [0.2, 0.25) is 0 Å². The summed E-state index contributed by atoms with van der Waals surface area (Å²) in [6.07, 6.45) is -4.01. The maximum absolute atomic E-state index is 13.6. The molecule has 0 radical (unpaired) electrons. The summed E-state index contributed by atoms with van der Waals surface area (Å²) in [5, 5.41) is 0. The molecular formula is C16H20F3N3O. The van der Waals surface area contributed by atoms with E-state index < -0.39 is 11.7 Å². The van der Waals surface area contributed by atoms with Gasteiger partial charge in [0.05, 0.1) is 5.52 Å². The van der Waals surface area contributed by atoms with Crippen LogP contribution < -0.4 is 4.74 Å². The second-order valence-corrected chi connectivity index (χ2v) is 6.40. The van der Waals surface area contributed by atoms with Crippen LogP contribution in [0.5, 0.6) is 5.75 Å². The Kier molecular flexibility index (Phi) is 4.00. The molecule has 4 nitrogen and oxygen atoms in total. The van der Waals surface area contributed by atoms with Crippen molar-refractivity contribution in [2.75, 3.05) is 20.1 Å². The van der Waals surface area contributed by atoms with Crippen LogP contribution in [0.1, 0.15) is 37.6 Å². The van der Waals surface area contributed by atoms with Crippen molar-refractivity contribution in [3.8, 4) is 5.75 Å². The maximum Gasteiger partial charge on any atom is 0.422 e. The summed E-state index contributed by atoms with van der Waals surface area (Å²) in [5.74, 6) is 0.437. The number of fused-ring (bicyclic) bond motifs is 1. The number of aromatic nitrogens is 2. The number of likely N-dealkylation sites (tertiary alicyclic amines) is 1. The van der Waals surface area contributed by atoms with Crippen LogP contribution in [-0.2, 0) is 6.18 Å². The van der Waals surface area contributed by atoms with Crippen molar-refractivity contribution >= 4 is 11.0 Å². The molecule has 1 saturated heterocycles. The Labute approximate surface area is 132 Å². The van der Waals surface area contributed by atoms with Gasteiger partial charge in [-0.3, -0.25) is 0 Å². The maximum atomic E-state index is 13.6. The zero-order valence-electron chi connectivity index (χ0n) is 13.4. The van der Waals surface area contributed by atoms with Crippen LogP contribution in [-0.4, -0.2) is 41.1 Å². The zero-order chi connectivity index (χ0) is 16.8. The van der Waals surface area contributed by atoms with Gasteiger partial charge in [-0.05, 0) is 25.6 Å². The van der Waals surface area contributed by atoms with Gasteiger partial charge in [0.1, 0.15) is 28.8 Å². The highest BCUT2D eigenvalue weighted by molar-refractivity contribution is 5.82. The molecule has 1 atom stereocenters. The lowest BCUT2D eigenvalue weighted by atomic mass is 10.1. The number of alkyl halides is 3. The number of ether oxygens (including phenoxy) is 1. The average Bonchev–Trinajstić information content (AvgIpc) is 3.03. The number of H-pyrrole nitrogens is 1. The molecule has 1 aliphatic heterocycles. The molecule has 2 aromatic rings. The van der Waals surface area contributed by atoms with E-state index in [1.54, 1.807) is 6.07 Å². The summed E-state index contributed by atoms with van der Waals surface area (Å²) in [6, 6.07) is 3.00. The van der Waals surface area contributed by atoms with Gasteiger partial charge in [-0.15, -0.1) is 0 Å². The Hall–Kier alpha value is -1.76. The number of hydrogen-bond acceptors (Lipinski definition) is 3. The largest absolute Gasteiger partial charge is 0.488 e. The fourth-order valence-corrected chi connectivity index (χ4v) is 2.89. The molecule has 1 aliphatic rings. The molecule has 1 fully saturated rings. The topological polar surface area (TPSA) is 41.1 Å². The fraction of sp³-hybridized carbons (Fsp3) is 0.562. The quantitative estimate of drug-likeness (QED) is 0.932. The second kappa shape index (κ2) is 5.70. The van der Waals surface area contributed by atoms with Crippen molar-refractivity contribution in [1.82, 2.24) is 14.9 Å². The predicted molar refractivity (Wildman–Crippen MR) is 81.7 cm³/mol. The van der Waals surface area contributed by atoms with Gasteiger partial charge in [0.25, 0.3) is 0 Å². The molecule has 0 spiro atoms. The van der Waals surface area contributed by atoms with Gasteiger partial charge in [-0.25, -0.2) is 4.98 Å². The molecule has 1 aromatic carbocycles. The highest BCUT2D eigenvalue weighted by Crippen LogP contribution is 2.41. The summed E-state index contributed by atoms with van der Waals surface area (Å²) < 4.78 is 46.5. The first-order chi connectivity index (χ1) is 10.8. The third kappa shape index (κ3) is 3.15. The first-order valence-electron chi connectivity index (χ1n) is 7.70. The first kappa shape index (κ1) is 16.1. The monoisotopic (exact) mass is 327 g/mol. The highest BCUT2D eigenvalue weighted by atomic mass is 19.4. The molecule has 0 saturated carbocycles. The molecule has 0 bridgehead atoms.